The number of nitrogens with two attached hydrogens (primary N) is 1. The first kappa shape index (κ1) is 10.8. The number of methoxy groups -OCH3 is 1. The molecule has 4 heteroatoms. The molecule has 74 valence electrons. The summed E-state index contributed by atoms with van der Waals surface area (Å²) in [4.78, 5) is 10.8. The molecule has 0 bridgehead atoms. The van der Waals surface area contributed by atoms with Crippen LogP contribution in [0.15, 0.2) is 29.3 Å². The van der Waals surface area contributed by atoms with E-state index in [0.717, 1.165) is 4.47 Å². The molecular formula is C10H10BrNO2. The van der Waals surface area contributed by atoms with Crippen LogP contribution in [0.3, 0.4) is 0 Å². The summed E-state index contributed by atoms with van der Waals surface area (Å²) in [5.74, 6) is 0.174. The zero-order valence-electron chi connectivity index (χ0n) is 7.71. The third-order valence-corrected chi connectivity index (χ3v) is 2.42. The number of rotatable bonds is 3. The van der Waals surface area contributed by atoms with Gasteiger partial charge in [0.25, 0.3) is 0 Å². The molecule has 0 saturated carbocycles. The molecule has 14 heavy (non-hydrogen) atoms. The van der Waals surface area contributed by atoms with Crippen LogP contribution < -0.4 is 10.5 Å². The Kier molecular flexibility index (Phi) is 3.30. The number of halogens is 1. The Morgan fingerprint density at radius 3 is 2.64 bits per heavy atom. The summed E-state index contributed by atoms with van der Waals surface area (Å²) in [5, 5.41) is 0. The zero-order valence-corrected chi connectivity index (χ0v) is 9.30. The monoisotopic (exact) mass is 255 g/mol. The van der Waals surface area contributed by atoms with E-state index in [2.05, 4.69) is 22.5 Å². The van der Waals surface area contributed by atoms with E-state index in [0.29, 0.717) is 11.3 Å². The largest absolute Gasteiger partial charge is 0.496 e. The average molecular weight is 256 g/mol. The van der Waals surface area contributed by atoms with Crippen LogP contribution >= 0.6 is 15.9 Å². The molecule has 1 aromatic carbocycles. The molecule has 0 radical (unpaired) electrons. The number of hydrogen-bond acceptors (Lipinski definition) is 2. The highest BCUT2D eigenvalue weighted by Crippen LogP contribution is 2.27. The Bertz CT molecular complexity index is 388. The van der Waals surface area contributed by atoms with Gasteiger partial charge in [0.2, 0.25) is 5.91 Å². The molecule has 0 saturated heterocycles. The first-order valence-corrected chi connectivity index (χ1v) is 4.68. The Labute approximate surface area is 90.7 Å². The minimum atomic E-state index is -0.526. The van der Waals surface area contributed by atoms with Crippen LogP contribution in [0.1, 0.15) is 5.56 Å². The normalized spacial score (nSPS) is 9.57. The summed E-state index contributed by atoms with van der Waals surface area (Å²) in [6.45, 7) is 3.58. The zero-order chi connectivity index (χ0) is 10.7. The lowest BCUT2D eigenvalue weighted by Crippen LogP contribution is -2.11. The average Bonchev–Trinajstić information content (AvgIpc) is 2.16. The fraction of sp³-hybridized carbons (Fsp3) is 0.100. The molecule has 1 aromatic rings. The molecule has 0 unspecified atom stereocenters. The smallest absolute Gasteiger partial charge is 0.248 e. The van der Waals surface area contributed by atoms with Crippen LogP contribution in [-0.4, -0.2) is 13.0 Å². The predicted molar refractivity (Wildman–Crippen MR) is 58.9 cm³/mol. The van der Waals surface area contributed by atoms with Crippen molar-refractivity contribution in [3.63, 3.8) is 0 Å². The fourth-order valence-corrected chi connectivity index (χ4v) is 1.54. The van der Waals surface area contributed by atoms with Gasteiger partial charge in [-0.2, -0.15) is 0 Å². The molecule has 0 aliphatic rings. The molecule has 1 rings (SSSR count). The van der Waals surface area contributed by atoms with Crippen molar-refractivity contribution >= 4 is 27.4 Å². The van der Waals surface area contributed by atoms with Gasteiger partial charge in [0.1, 0.15) is 5.75 Å². The first-order valence-electron chi connectivity index (χ1n) is 3.89. The van der Waals surface area contributed by atoms with Crippen molar-refractivity contribution in [2.24, 2.45) is 5.73 Å². The number of ether oxygens (including phenoxy) is 1. The lowest BCUT2D eigenvalue weighted by Gasteiger charge is -2.06. The molecule has 2 N–H and O–H groups in total. The van der Waals surface area contributed by atoms with Crippen molar-refractivity contribution in [2.45, 2.75) is 0 Å². The van der Waals surface area contributed by atoms with E-state index >= 15 is 0 Å². The lowest BCUT2D eigenvalue weighted by molar-refractivity contribution is -0.112. The summed E-state index contributed by atoms with van der Waals surface area (Å²) < 4.78 is 5.81. The molecular weight excluding hydrogens is 246 g/mol. The predicted octanol–water partition coefficient (Wildman–Crippen LogP) is 1.96. The molecule has 0 spiro atoms. The number of hydrogen-bond donors (Lipinski definition) is 1. The molecule has 0 aliphatic heterocycles. The third-order valence-electron chi connectivity index (χ3n) is 1.80. The van der Waals surface area contributed by atoms with E-state index in [9.17, 15) is 4.79 Å². The maximum absolute atomic E-state index is 10.8. The van der Waals surface area contributed by atoms with Crippen molar-refractivity contribution in [1.29, 1.82) is 0 Å². The summed E-state index contributed by atoms with van der Waals surface area (Å²) in [5.41, 5.74) is 6.07. The van der Waals surface area contributed by atoms with E-state index in [1.807, 2.05) is 0 Å². The molecule has 0 atom stereocenters. The van der Waals surface area contributed by atoms with Crippen LogP contribution in [0.5, 0.6) is 5.75 Å². The second kappa shape index (κ2) is 4.28. The summed E-state index contributed by atoms with van der Waals surface area (Å²) in [6, 6.07) is 5.22. The van der Waals surface area contributed by atoms with Crippen molar-refractivity contribution in [2.75, 3.05) is 7.11 Å². The molecule has 0 fully saturated rings. The van der Waals surface area contributed by atoms with Crippen LogP contribution in [0.2, 0.25) is 0 Å². The van der Waals surface area contributed by atoms with Gasteiger partial charge in [-0.05, 0) is 33.6 Å². The molecule has 0 aromatic heterocycles. The van der Waals surface area contributed by atoms with Crippen LogP contribution in [0.25, 0.3) is 5.57 Å². The highest BCUT2D eigenvalue weighted by molar-refractivity contribution is 9.10. The van der Waals surface area contributed by atoms with Gasteiger partial charge in [-0.3, -0.25) is 4.79 Å². The summed E-state index contributed by atoms with van der Waals surface area (Å²) >= 11 is 3.31. The van der Waals surface area contributed by atoms with E-state index < -0.39 is 5.91 Å². The Balaban J connectivity index is 3.09. The molecule has 3 nitrogen and oxygen atoms in total. The number of carbonyl (C=O) groups excluding carboxylic acids is 1. The van der Waals surface area contributed by atoms with Crippen LogP contribution in [0.4, 0.5) is 0 Å². The lowest BCUT2D eigenvalue weighted by atomic mass is 10.1. The minimum absolute atomic E-state index is 0.286. The Morgan fingerprint density at radius 2 is 2.21 bits per heavy atom. The maximum atomic E-state index is 10.8. The second-order valence-electron chi connectivity index (χ2n) is 2.69. The Hall–Kier alpha value is -1.29. The maximum Gasteiger partial charge on any atom is 0.248 e. The topological polar surface area (TPSA) is 52.3 Å². The van der Waals surface area contributed by atoms with Crippen molar-refractivity contribution in [1.82, 2.24) is 0 Å². The molecule has 0 aliphatic carbocycles. The quantitative estimate of drug-likeness (QED) is 0.840. The summed E-state index contributed by atoms with van der Waals surface area (Å²) in [6.07, 6.45) is 0. The minimum Gasteiger partial charge on any atom is -0.496 e. The van der Waals surface area contributed by atoms with Gasteiger partial charge in [0.05, 0.1) is 11.6 Å². The SMILES string of the molecule is C=C(C(N)=O)c1ccc(OC)c(Br)c1. The molecule has 0 heterocycles. The second-order valence-corrected chi connectivity index (χ2v) is 3.55. The van der Waals surface area contributed by atoms with Crippen molar-refractivity contribution in [3.8, 4) is 5.75 Å². The van der Waals surface area contributed by atoms with E-state index in [1.165, 1.54) is 0 Å². The van der Waals surface area contributed by atoms with Gasteiger partial charge in [0.15, 0.2) is 0 Å². The standard InChI is InChI=1S/C10H10BrNO2/c1-6(10(12)13)7-3-4-9(14-2)8(11)5-7/h3-5H,1H2,2H3,(H2,12,13). The van der Waals surface area contributed by atoms with Gasteiger partial charge in [-0.25, -0.2) is 0 Å². The van der Waals surface area contributed by atoms with E-state index in [4.69, 9.17) is 10.5 Å². The Morgan fingerprint density at radius 1 is 1.57 bits per heavy atom. The van der Waals surface area contributed by atoms with Crippen LogP contribution in [-0.2, 0) is 4.79 Å². The van der Waals surface area contributed by atoms with Gasteiger partial charge < -0.3 is 10.5 Å². The number of primary amides is 1. The highest BCUT2D eigenvalue weighted by atomic mass is 79.9. The fourth-order valence-electron chi connectivity index (χ4n) is 0.996. The van der Waals surface area contributed by atoms with Gasteiger partial charge >= 0.3 is 0 Å². The number of benzene rings is 1. The van der Waals surface area contributed by atoms with Gasteiger partial charge in [-0.1, -0.05) is 12.6 Å². The van der Waals surface area contributed by atoms with Crippen LogP contribution in [0, 0.1) is 0 Å². The van der Waals surface area contributed by atoms with E-state index in [1.54, 1.807) is 25.3 Å². The van der Waals surface area contributed by atoms with Gasteiger partial charge in [0, 0.05) is 5.57 Å². The van der Waals surface area contributed by atoms with Gasteiger partial charge in [-0.15, -0.1) is 0 Å². The summed E-state index contributed by atoms with van der Waals surface area (Å²) in [7, 11) is 1.57. The number of amides is 1. The molecule has 1 amide bonds. The van der Waals surface area contributed by atoms with Crippen molar-refractivity contribution in [3.05, 3.63) is 34.8 Å². The third kappa shape index (κ3) is 2.14. The highest BCUT2D eigenvalue weighted by Gasteiger charge is 2.07. The van der Waals surface area contributed by atoms with E-state index in [-0.39, 0.29) is 5.57 Å². The first-order chi connectivity index (χ1) is 6.56. The van der Waals surface area contributed by atoms with Crippen molar-refractivity contribution < 1.29 is 9.53 Å². The number of carbonyl (C=O) groups is 1.